The molecule has 39 heavy (non-hydrogen) atoms. The van der Waals surface area contributed by atoms with Crippen molar-refractivity contribution >= 4 is 27.6 Å². The van der Waals surface area contributed by atoms with Crippen LogP contribution in [-0.4, -0.2) is 10.4 Å². The van der Waals surface area contributed by atoms with Crippen molar-refractivity contribution in [2.24, 2.45) is 4.99 Å². The molecule has 2 atom stereocenters. The first kappa shape index (κ1) is 23.0. The molecule has 2 heterocycles. The van der Waals surface area contributed by atoms with Gasteiger partial charge in [-0.1, -0.05) is 96.8 Å². The molecule has 1 aliphatic rings. The number of rotatable bonds is 4. The van der Waals surface area contributed by atoms with Crippen LogP contribution < -0.4 is 5.32 Å². The van der Waals surface area contributed by atoms with Gasteiger partial charge in [0.1, 0.15) is 0 Å². The first-order valence-corrected chi connectivity index (χ1v) is 13.0. The number of nitriles is 1. The largest absolute Gasteiger partial charge is 0.445 e. The summed E-state index contributed by atoms with van der Waals surface area (Å²) in [5.74, 6) is 0.631. The fraction of sp³-hybridized carbons (Fsp3) is 0.0588. The Kier molecular flexibility index (Phi) is 5.66. The van der Waals surface area contributed by atoms with Gasteiger partial charge in [0, 0.05) is 28.8 Å². The summed E-state index contributed by atoms with van der Waals surface area (Å²) in [5.41, 5.74) is 6.94. The van der Waals surface area contributed by atoms with E-state index in [2.05, 4.69) is 101 Å². The van der Waals surface area contributed by atoms with E-state index in [4.69, 9.17) is 10.3 Å². The molecule has 0 radical (unpaired) electrons. The Bertz CT molecular complexity index is 1840. The van der Waals surface area contributed by atoms with Crippen LogP contribution in [0.3, 0.4) is 0 Å². The van der Waals surface area contributed by atoms with E-state index in [1.54, 1.807) is 6.07 Å². The van der Waals surface area contributed by atoms with Gasteiger partial charge >= 0.3 is 0 Å². The monoisotopic (exact) mass is 502 g/mol. The van der Waals surface area contributed by atoms with Crippen LogP contribution in [0.15, 0.2) is 132 Å². The Morgan fingerprint density at radius 1 is 0.692 bits per heavy atom. The lowest BCUT2D eigenvalue weighted by Crippen LogP contribution is -2.31. The van der Waals surface area contributed by atoms with Crippen LogP contribution >= 0.6 is 0 Å². The average molecular weight is 503 g/mol. The van der Waals surface area contributed by atoms with Gasteiger partial charge in [-0.15, -0.1) is 0 Å². The highest BCUT2D eigenvalue weighted by molar-refractivity contribution is 6.10. The molecule has 1 aliphatic heterocycles. The summed E-state index contributed by atoms with van der Waals surface area (Å²) in [7, 11) is 0. The van der Waals surface area contributed by atoms with Crippen molar-refractivity contribution in [1.29, 1.82) is 5.26 Å². The van der Waals surface area contributed by atoms with Gasteiger partial charge < -0.3 is 20.2 Å². The van der Waals surface area contributed by atoms with Crippen molar-refractivity contribution in [2.45, 2.75) is 12.3 Å². The second-order valence-electron chi connectivity index (χ2n) is 9.62. The third-order valence-corrected chi connectivity index (χ3v) is 7.21. The minimum absolute atomic E-state index is 0.272. The summed E-state index contributed by atoms with van der Waals surface area (Å²) >= 11 is 0. The summed E-state index contributed by atoms with van der Waals surface area (Å²) in [6.45, 7) is 0. The minimum Gasteiger partial charge on any atom is -0.445 e. The van der Waals surface area contributed by atoms with Gasteiger partial charge in [-0.3, -0.25) is 0 Å². The highest BCUT2D eigenvalue weighted by Gasteiger charge is 2.19. The van der Waals surface area contributed by atoms with Gasteiger partial charge in [-0.05, 0) is 53.1 Å². The van der Waals surface area contributed by atoms with Crippen LogP contribution in [0.1, 0.15) is 34.6 Å². The molecule has 6 aromatic rings. The van der Waals surface area contributed by atoms with Crippen LogP contribution in [0.5, 0.6) is 0 Å². The first-order chi connectivity index (χ1) is 19.3. The number of amidine groups is 1. The number of aromatic nitrogens is 1. The average Bonchev–Trinajstić information content (AvgIpc) is 3.36. The molecule has 0 saturated heterocycles. The van der Waals surface area contributed by atoms with Crippen LogP contribution in [0, 0.1) is 11.3 Å². The van der Waals surface area contributed by atoms with Crippen molar-refractivity contribution in [3.05, 3.63) is 155 Å². The molecule has 5 aromatic carbocycles. The molecule has 5 nitrogen and oxygen atoms in total. The molecule has 1 N–H and O–H groups in total. The molecular formula is C34H24N5-. The number of para-hydroxylation sites is 2. The van der Waals surface area contributed by atoms with Crippen LogP contribution in [0.4, 0.5) is 0 Å². The Hall–Kier alpha value is -5.18. The van der Waals surface area contributed by atoms with Gasteiger partial charge in [0.2, 0.25) is 0 Å². The Labute approximate surface area is 226 Å². The van der Waals surface area contributed by atoms with Crippen molar-refractivity contribution in [1.82, 2.24) is 9.88 Å². The summed E-state index contributed by atoms with van der Waals surface area (Å²) in [4.78, 5) is 4.95. The maximum atomic E-state index is 9.46. The maximum Gasteiger partial charge on any atom is 0.0991 e. The number of benzene rings is 5. The third kappa shape index (κ3) is 4.14. The van der Waals surface area contributed by atoms with Crippen molar-refractivity contribution in [2.75, 3.05) is 0 Å². The third-order valence-electron chi connectivity index (χ3n) is 7.21. The molecule has 2 unspecified atom stereocenters. The summed E-state index contributed by atoms with van der Waals surface area (Å²) in [6.07, 6.45) is -0.590. The van der Waals surface area contributed by atoms with Crippen LogP contribution in [-0.2, 0) is 0 Å². The first-order valence-electron chi connectivity index (χ1n) is 13.0. The molecule has 0 bridgehead atoms. The van der Waals surface area contributed by atoms with E-state index in [0.717, 1.165) is 22.4 Å². The number of hydrogen-bond donors (Lipinski definition) is 1. The van der Waals surface area contributed by atoms with E-state index in [1.165, 1.54) is 21.8 Å². The molecule has 0 fully saturated rings. The molecule has 7 rings (SSSR count). The van der Waals surface area contributed by atoms with Crippen LogP contribution in [0.2, 0.25) is 0 Å². The van der Waals surface area contributed by atoms with E-state index >= 15 is 0 Å². The number of nitrogens with one attached hydrogen (secondary N) is 1. The number of aliphatic imine (C=N–C) groups is 1. The second kappa shape index (κ2) is 9.60. The van der Waals surface area contributed by atoms with Gasteiger partial charge in [0.25, 0.3) is 0 Å². The SMILES string of the molecule is N#Cc1cccc(C2=NC(c3ccccc3)NC(c3cccc(-n4c5ccccc5c5ccccc54)c3)[N-]2)c1. The van der Waals surface area contributed by atoms with Crippen molar-refractivity contribution in [3.63, 3.8) is 0 Å². The van der Waals surface area contributed by atoms with E-state index < -0.39 is 0 Å². The van der Waals surface area contributed by atoms with Gasteiger partial charge in [0.05, 0.1) is 22.7 Å². The molecule has 1 aromatic heterocycles. The Morgan fingerprint density at radius 3 is 2.10 bits per heavy atom. The smallest absolute Gasteiger partial charge is 0.0991 e. The summed E-state index contributed by atoms with van der Waals surface area (Å²) in [6, 6.07) is 45.5. The van der Waals surface area contributed by atoms with Crippen molar-refractivity contribution in [3.8, 4) is 11.8 Å². The zero-order chi connectivity index (χ0) is 26.2. The predicted octanol–water partition coefficient (Wildman–Crippen LogP) is 7.78. The summed E-state index contributed by atoms with van der Waals surface area (Å²) < 4.78 is 2.32. The highest BCUT2D eigenvalue weighted by Crippen LogP contribution is 2.35. The fourth-order valence-corrected chi connectivity index (χ4v) is 5.39. The molecule has 5 heteroatoms. The lowest BCUT2D eigenvalue weighted by molar-refractivity contribution is 0.488. The summed E-state index contributed by atoms with van der Waals surface area (Å²) in [5, 5.41) is 20.6. The van der Waals surface area contributed by atoms with Crippen LogP contribution in [0.25, 0.3) is 32.8 Å². The normalized spacial score (nSPS) is 16.9. The topological polar surface area (TPSA) is 67.2 Å². The fourth-order valence-electron chi connectivity index (χ4n) is 5.39. The minimum atomic E-state index is -0.318. The van der Waals surface area contributed by atoms with E-state index in [0.29, 0.717) is 11.4 Å². The van der Waals surface area contributed by atoms with E-state index in [-0.39, 0.29) is 12.3 Å². The Balaban J connectivity index is 1.33. The molecular weight excluding hydrogens is 478 g/mol. The predicted molar refractivity (Wildman–Crippen MR) is 157 cm³/mol. The highest BCUT2D eigenvalue weighted by atomic mass is 15.3. The number of hydrogen-bond acceptors (Lipinski definition) is 3. The lowest BCUT2D eigenvalue weighted by atomic mass is 10.1. The molecule has 0 saturated carbocycles. The van der Waals surface area contributed by atoms with E-state index in [1.807, 2.05) is 36.4 Å². The zero-order valence-corrected chi connectivity index (χ0v) is 21.1. The zero-order valence-electron chi connectivity index (χ0n) is 21.1. The number of nitrogens with zero attached hydrogens (tertiary/aromatic N) is 4. The molecule has 0 spiro atoms. The van der Waals surface area contributed by atoms with Gasteiger partial charge in [-0.2, -0.15) is 5.26 Å². The number of fused-ring (bicyclic) bond motifs is 3. The molecule has 0 aliphatic carbocycles. The standard InChI is InChI=1S/C34H24N5/c35-22-23-10-8-13-25(20-23)33-36-32(24-11-2-1-3-12-24)37-34(38-33)26-14-9-15-27(21-26)39-30-18-6-4-16-28(30)29-17-5-7-19-31(29)39/h1-21,32,34,37H/q-1. The maximum absolute atomic E-state index is 9.46. The van der Waals surface area contributed by atoms with Gasteiger partial charge in [-0.25, -0.2) is 0 Å². The molecule has 186 valence electrons. The Morgan fingerprint density at radius 2 is 1.36 bits per heavy atom. The van der Waals surface area contributed by atoms with E-state index in [9.17, 15) is 5.26 Å². The molecule has 0 amide bonds. The quantitative estimate of drug-likeness (QED) is 0.267. The second-order valence-corrected chi connectivity index (χ2v) is 9.62. The lowest BCUT2D eigenvalue weighted by Gasteiger charge is -2.40. The van der Waals surface area contributed by atoms with Gasteiger partial charge in [0.15, 0.2) is 0 Å². The van der Waals surface area contributed by atoms with Crippen molar-refractivity contribution < 1.29 is 0 Å².